The van der Waals surface area contributed by atoms with E-state index < -0.39 is 0 Å². The zero-order chi connectivity index (χ0) is 20.8. The van der Waals surface area contributed by atoms with Crippen molar-refractivity contribution >= 4 is 23.6 Å². The van der Waals surface area contributed by atoms with Crippen LogP contribution >= 0.6 is 0 Å². The fraction of sp³-hybridized carbons (Fsp3) is 0.318. The van der Waals surface area contributed by atoms with Crippen LogP contribution in [-0.2, 0) is 4.74 Å². The molecule has 1 fully saturated rings. The van der Waals surface area contributed by atoms with E-state index in [9.17, 15) is 14.4 Å². The van der Waals surface area contributed by atoms with Crippen LogP contribution in [0.1, 0.15) is 33.2 Å². The third kappa shape index (κ3) is 5.13. The summed E-state index contributed by atoms with van der Waals surface area (Å²) in [6.45, 7) is 5.79. The first-order chi connectivity index (χ1) is 14.0. The van der Waals surface area contributed by atoms with Gasteiger partial charge in [-0.1, -0.05) is 23.8 Å². The molecule has 2 aromatic carbocycles. The zero-order valence-corrected chi connectivity index (χ0v) is 16.7. The summed E-state index contributed by atoms with van der Waals surface area (Å²) < 4.78 is 5.00. The summed E-state index contributed by atoms with van der Waals surface area (Å²) in [5.41, 5.74) is 2.68. The highest BCUT2D eigenvalue weighted by Gasteiger charge is 2.25. The van der Waals surface area contributed by atoms with Gasteiger partial charge in [0.05, 0.1) is 6.61 Å². The molecule has 3 rings (SSSR count). The lowest BCUT2D eigenvalue weighted by Gasteiger charge is -2.34. The molecule has 1 saturated heterocycles. The second-order valence-electron chi connectivity index (χ2n) is 6.88. The van der Waals surface area contributed by atoms with Crippen LogP contribution in [0.15, 0.2) is 48.5 Å². The molecule has 0 unspecified atom stereocenters. The minimum absolute atomic E-state index is 0.154. The minimum Gasteiger partial charge on any atom is -0.450 e. The average molecular weight is 395 g/mol. The molecule has 0 spiro atoms. The number of carbonyl (C=O) groups is 3. The Kier molecular flexibility index (Phi) is 6.49. The number of benzene rings is 2. The number of amides is 3. The van der Waals surface area contributed by atoms with E-state index in [4.69, 9.17) is 4.74 Å². The van der Waals surface area contributed by atoms with E-state index in [1.165, 1.54) is 0 Å². The van der Waals surface area contributed by atoms with Crippen molar-refractivity contribution in [2.75, 3.05) is 38.1 Å². The van der Waals surface area contributed by atoms with Crippen molar-refractivity contribution in [1.82, 2.24) is 9.80 Å². The third-order valence-corrected chi connectivity index (χ3v) is 4.77. The molecule has 1 N–H and O–H groups in total. The Labute approximate surface area is 170 Å². The Bertz CT molecular complexity index is 887. The van der Waals surface area contributed by atoms with Crippen LogP contribution in [0, 0.1) is 6.92 Å². The molecule has 1 heterocycles. The number of piperazine rings is 1. The maximum absolute atomic E-state index is 12.8. The van der Waals surface area contributed by atoms with Gasteiger partial charge in [-0.25, -0.2) is 4.79 Å². The van der Waals surface area contributed by atoms with Gasteiger partial charge in [-0.15, -0.1) is 0 Å². The summed E-state index contributed by atoms with van der Waals surface area (Å²) in [7, 11) is 0. The van der Waals surface area contributed by atoms with Gasteiger partial charge in [0.15, 0.2) is 0 Å². The lowest BCUT2D eigenvalue weighted by Crippen LogP contribution is -2.50. The molecule has 1 aliphatic rings. The molecule has 7 heteroatoms. The predicted octanol–water partition coefficient (Wildman–Crippen LogP) is 3.16. The van der Waals surface area contributed by atoms with Crippen molar-refractivity contribution in [3.63, 3.8) is 0 Å². The van der Waals surface area contributed by atoms with Gasteiger partial charge in [0.25, 0.3) is 11.8 Å². The smallest absolute Gasteiger partial charge is 0.409 e. The van der Waals surface area contributed by atoms with E-state index in [1.54, 1.807) is 41.0 Å². The molecule has 0 bridgehead atoms. The Morgan fingerprint density at radius 1 is 0.931 bits per heavy atom. The first-order valence-electron chi connectivity index (χ1n) is 9.67. The molecule has 152 valence electrons. The van der Waals surface area contributed by atoms with Gasteiger partial charge in [0, 0.05) is 43.0 Å². The highest BCUT2D eigenvalue weighted by Crippen LogP contribution is 2.14. The molecule has 0 aliphatic carbocycles. The molecule has 0 saturated carbocycles. The maximum atomic E-state index is 12.8. The van der Waals surface area contributed by atoms with Crippen molar-refractivity contribution < 1.29 is 19.1 Å². The lowest BCUT2D eigenvalue weighted by molar-refractivity contribution is 0.0570. The van der Waals surface area contributed by atoms with E-state index in [2.05, 4.69) is 5.32 Å². The summed E-state index contributed by atoms with van der Waals surface area (Å²) >= 11 is 0. The molecular weight excluding hydrogens is 370 g/mol. The maximum Gasteiger partial charge on any atom is 0.409 e. The fourth-order valence-corrected chi connectivity index (χ4v) is 3.12. The molecule has 7 nitrogen and oxygen atoms in total. The number of hydrogen-bond acceptors (Lipinski definition) is 4. The number of rotatable bonds is 4. The fourth-order valence-electron chi connectivity index (χ4n) is 3.12. The standard InChI is InChI=1S/C22H25N3O4/c1-3-29-22(28)25-13-11-24(12-14-25)21(27)18-6-4-5-17(15-18)20(26)23-19-9-7-16(2)8-10-19/h4-10,15H,3,11-14H2,1-2H3,(H,23,26). The van der Waals surface area contributed by atoms with Crippen LogP contribution in [0.3, 0.4) is 0 Å². The number of aryl methyl sites for hydroxylation is 1. The highest BCUT2D eigenvalue weighted by atomic mass is 16.6. The molecule has 0 radical (unpaired) electrons. The zero-order valence-electron chi connectivity index (χ0n) is 16.7. The van der Waals surface area contributed by atoms with Crippen LogP contribution in [0.25, 0.3) is 0 Å². The number of ether oxygens (including phenoxy) is 1. The topological polar surface area (TPSA) is 79.0 Å². The quantitative estimate of drug-likeness (QED) is 0.863. The van der Waals surface area contributed by atoms with Crippen LogP contribution in [0.2, 0.25) is 0 Å². The van der Waals surface area contributed by atoms with E-state index >= 15 is 0 Å². The van der Waals surface area contributed by atoms with Crippen LogP contribution in [0.4, 0.5) is 10.5 Å². The first-order valence-corrected chi connectivity index (χ1v) is 9.67. The predicted molar refractivity (Wildman–Crippen MR) is 110 cm³/mol. The largest absolute Gasteiger partial charge is 0.450 e. The van der Waals surface area contributed by atoms with E-state index in [0.29, 0.717) is 49.6 Å². The summed E-state index contributed by atoms with van der Waals surface area (Å²) in [4.78, 5) is 40.4. The van der Waals surface area contributed by atoms with Crippen LogP contribution in [0.5, 0.6) is 0 Å². The van der Waals surface area contributed by atoms with Crippen molar-refractivity contribution in [3.8, 4) is 0 Å². The Morgan fingerprint density at radius 3 is 2.21 bits per heavy atom. The Morgan fingerprint density at radius 2 is 1.55 bits per heavy atom. The Balaban J connectivity index is 1.63. The van der Waals surface area contributed by atoms with Gasteiger partial charge in [0.1, 0.15) is 0 Å². The van der Waals surface area contributed by atoms with Gasteiger partial charge in [-0.2, -0.15) is 0 Å². The molecular formula is C22H25N3O4. The van der Waals surface area contributed by atoms with E-state index in [1.807, 2.05) is 31.2 Å². The third-order valence-electron chi connectivity index (χ3n) is 4.77. The average Bonchev–Trinajstić information content (AvgIpc) is 2.75. The van der Waals surface area contributed by atoms with Crippen molar-refractivity contribution in [3.05, 3.63) is 65.2 Å². The summed E-state index contributed by atoms with van der Waals surface area (Å²) in [5.74, 6) is -0.422. The molecule has 0 atom stereocenters. The lowest BCUT2D eigenvalue weighted by atomic mass is 10.1. The molecule has 0 aromatic heterocycles. The van der Waals surface area contributed by atoms with E-state index in [0.717, 1.165) is 5.56 Å². The monoisotopic (exact) mass is 395 g/mol. The molecule has 3 amide bonds. The number of nitrogens with one attached hydrogen (secondary N) is 1. The van der Waals surface area contributed by atoms with Gasteiger partial charge in [0.2, 0.25) is 0 Å². The second kappa shape index (κ2) is 9.23. The van der Waals surface area contributed by atoms with Crippen molar-refractivity contribution in [1.29, 1.82) is 0 Å². The summed E-state index contributed by atoms with van der Waals surface area (Å²) in [6, 6.07) is 14.2. The van der Waals surface area contributed by atoms with Crippen LogP contribution in [-0.4, -0.2) is 60.5 Å². The number of carbonyl (C=O) groups excluding carboxylic acids is 3. The number of nitrogens with zero attached hydrogens (tertiary/aromatic N) is 2. The second-order valence-corrected chi connectivity index (χ2v) is 6.88. The summed E-state index contributed by atoms with van der Waals surface area (Å²) in [6.07, 6.45) is -0.352. The molecule has 29 heavy (non-hydrogen) atoms. The minimum atomic E-state index is -0.352. The summed E-state index contributed by atoms with van der Waals surface area (Å²) in [5, 5.41) is 2.84. The SMILES string of the molecule is CCOC(=O)N1CCN(C(=O)c2cccc(C(=O)Nc3ccc(C)cc3)c2)CC1. The van der Waals surface area contributed by atoms with Gasteiger partial charge < -0.3 is 19.9 Å². The number of anilines is 1. The van der Waals surface area contributed by atoms with Crippen molar-refractivity contribution in [2.45, 2.75) is 13.8 Å². The van der Waals surface area contributed by atoms with Gasteiger partial charge >= 0.3 is 6.09 Å². The van der Waals surface area contributed by atoms with Crippen LogP contribution < -0.4 is 5.32 Å². The number of hydrogen-bond donors (Lipinski definition) is 1. The van der Waals surface area contributed by atoms with Gasteiger partial charge in [-0.3, -0.25) is 9.59 Å². The molecule has 2 aromatic rings. The first kappa shape index (κ1) is 20.4. The normalized spacial score (nSPS) is 13.7. The highest BCUT2D eigenvalue weighted by molar-refractivity contribution is 6.06. The van der Waals surface area contributed by atoms with E-state index in [-0.39, 0.29) is 17.9 Å². The molecule has 1 aliphatic heterocycles. The van der Waals surface area contributed by atoms with Crippen molar-refractivity contribution in [2.24, 2.45) is 0 Å². The Hall–Kier alpha value is -3.35. The van der Waals surface area contributed by atoms with Gasteiger partial charge in [-0.05, 0) is 44.2 Å².